The third-order valence-corrected chi connectivity index (χ3v) is 4.31. The van der Waals surface area contributed by atoms with Crippen molar-refractivity contribution in [2.24, 2.45) is 5.92 Å². The number of hydrogen-bond donors (Lipinski definition) is 2. The van der Waals surface area contributed by atoms with Crippen molar-refractivity contribution in [1.29, 1.82) is 0 Å². The van der Waals surface area contributed by atoms with Gasteiger partial charge in [-0.2, -0.15) is 0 Å². The maximum absolute atomic E-state index is 13.4. The number of aromatic nitrogens is 2. The fourth-order valence-electron chi connectivity index (χ4n) is 2.91. The molecular weight excluding hydrogens is 364 g/mol. The molecule has 0 unspecified atom stereocenters. The second-order valence-electron chi connectivity index (χ2n) is 6.01. The van der Waals surface area contributed by atoms with E-state index in [4.69, 9.17) is 5.11 Å². The molecule has 0 spiro atoms. The topological polar surface area (TPSA) is 121 Å². The molecule has 142 valence electrons. The summed E-state index contributed by atoms with van der Waals surface area (Å²) in [5.41, 5.74) is -0.331. The van der Waals surface area contributed by atoms with E-state index < -0.39 is 34.1 Å². The molecule has 11 heteroatoms. The molecule has 1 fully saturated rings. The Labute approximate surface area is 151 Å². The Kier molecular flexibility index (Phi) is 5.10. The minimum absolute atomic E-state index is 0.0453. The lowest BCUT2D eigenvalue weighted by molar-refractivity contribution is -0.383. The molecular formula is C16H15F2N5O4. The Bertz CT molecular complexity index is 887. The number of piperidine rings is 1. The van der Waals surface area contributed by atoms with Crippen LogP contribution in [0, 0.1) is 27.7 Å². The number of anilines is 3. The Morgan fingerprint density at radius 3 is 2.56 bits per heavy atom. The van der Waals surface area contributed by atoms with Gasteiger partial charge >= 0.3 is 11.7 Å². The molecule has 1 aliphatic heterocycles. The average molecular weight is 379 g/mol. The van der Waals surface area contributed by atoms with Crippen LogP contribution in [0.1, 0.15) is 12.8 Å². The maximum Gasteiger partial charge on any atom is 0.353 e. The van der Waals surface area contributed by atoms with E-state index in [1.165, 1.54) is 6.07 Å². The summed E-state index contributed by atoms with van der Waals surface area (Å²) < 4.78 is 26.4. The number of carbonyl (C=O) groups is 1. The first-order valence-corrected chi connectivity index (χ1v) is 8.06. The number of rotatable bonds is 5. The Balaban J connectivity index is 1.90. The van der Waals surface area contributed by atoms with Crippen molar-refractivity contribution in [3.63, 3.8) is 0 Å². The summed E-state index contributed by atoms with van der Waals surface area (Å²) in [5, 5.41) is 23.3. The van der Waals surface area contributed by atoms with Crippen molar-refractivity contribution in [3.05, 3.63) is 46.3 Å². The van der Waals surface area contributed by atoms with Gasteiger partial charge in [0.15, 0.2) is 11.6 Å². The summed E-state index contributed by atoms with van der Waals surface area (Å²) in [4.78, 5) is 31.4. The van der Waals surface area contributed by atoms with Gasteiger partial charge in [0.1, 0.15) is 6.33 Å². The van der Waals surface area contributed by atoms with Crippen LogP contribution in [0.2, 0.25) is 0 Å². The predicted molar refractivity (Wildman–Crippen MR) is 90.9 cm³/mol. The van der Waals surface area contributed by atoms with Crippen LogP contribution in [-0.4, -0.2) is 39.1 Å². The van der Waals surface area contributed by atoms with E-state index >= 15 is 0 Å². The monoisotopic (exact) mass is 379 g/mol. The van der Waals surface area contributed by atoms with Gasteiger partial charge in [-0.3, -0.25) is 14.9 Å². The molecule has 27 heavy (non-hydrogen) atoms. The molecule has 0 radical (unpaired) electrons. The molecule has 3 rings (SSSR count). The lowest BCUT2D eigenvalue weighted by Gasteiger charge is -2.30. The fraction of sp³-hybridized carbons (Fsp3) is 0.312. The second kappa shape index (κ2) is 7.48. The van der Waals surface area contributed by atoms with Gasteiger partial charge in [0.25, 0.3) is 0 Å². The normalized spacial score (nSPS) is 14.8. The quantitative estimate of drug-likeness (QED) is 0.601. The zero-order chi connectivity index (χ0) is 19.6. The largest absolute Gasteiger partial charge is 0.481 e. The van der Waals surface area contributed by atoms with Gasteiger partial charge in [0.05, 0.1) is 10.8 Å². The third-order valence-electron chi connectivity index (χ3n) is 4.31. The highest BCUT2D eigenvalue weighted by Crippen LogP contribution is 2.35. The van der Waals surface area contributed by atoms with E-state index in [9.17, 15) is 23.7 Å². The zero-order valence-electron chi connectivity index (χ0n) is 13.9. The molecule has 0 amide bonds. The van der Waals surface area contributed by atoms with Crippen molar-refractivity contribution in [2.45, 2.75) is 12.8 Å². The first-order chi connectivity index (χ1) is 12.9. The van der Waals surface area contributed by atoms with Gasteiger partial charge in [-0.15, -0.1) is 0 Å². The van der Waals surface area contributed by atoms with Crippen molar-refractivity contribution in [2.75, 3.05) is 23.3 Å². The second-order valence-corrected chi connectivity index (χ2v) is 6.01. The minimum atomic E-state index is -1.10. The van der Waals surface area contributed by atoms with Crippen molar-refractivity contribution < 1.29 is 23.6 Å². The van der Waals surface area contributed by atoms with Crippen LogP contribution < -0.4 is 10.2 Å². The summed E-state index contributed by atoms with van der Waals surface area (Å²) in [5.74, 6) is -3.66. The van der Waals surface area contributed by atoms with Crippen molar-refractivity contribution in [3.8, 4) is 0 Å². The molecule has 1 aromatic carbocycles. The molecule has 0 aliphatic carbocycles. The smallest absolute Gasteiger partial charge is 0.353 e. The third kappa shape index (κ3) is 3.91. The molecule has 2 heterocycles. The Morgan fingerprint density at radius 2 is 1.96 bits per heavy atom. The van der Waals surface area contributed by atoms with Gasteiger partial charge in [-0.05, 0) is 25.0 Å². The lowest BCUT2D eigenvalue weighted by Crippen LogP contribution is -2.37. The van der Waals surface area contributed by atoms with Crippen LogP contribution >= 0.6 is 0 Å². The SMILES string of the molecule is O=C(O)C1CCN(c2ncnc(Nc3ccc(F)c(F)c3)c2[N+](=O)[O-])CC1. The summed E-state index contributed by atoms with van der Waals surface area (Å²) in [6, 6.07) is 2.98. The number of benzene rings is 1. The maximum atomic E-state index is 13.4. The van der Waals surface area contributed by atoms with E-state index in [2.05, 4.69) is 15.3 Å². The Morgan fingerprint density at radius 1 is 1.26 bits per heavy atom. The lowest BCUT2D eigenvalue weighted by atomic mass is 9.97. The van der Waals surface area contributed by atoms with Gasteiger partial charge in [-0.25, -0.2) is 18.7 Å². The number of aliphatic carboxylic acids is 1. The molecule has 0 saturated carbocycles. The fourth-order valence-corrected chi connectivity index (χ4v) is 2.91. The van der Waals surface area contributed by atoms with Crippen molar-refractivity contribution in [1.82, 2.24) is 9.97 Å². The highest BCUT2D eigenvalue weighted by molar-refractivity contribution is 5.75. The predicted octanol–water partition coefficient (Wildman–Crippen LogP) is 2.71. The van der Waals surface area contributed by atoms with Gasteiger partial charge < -0.3 is 15.3 Å². The molecule has 9 nitrogen and oxygen atoms in total. The number of nitrogens with zero attached hydrogens (tertiary/aromatic N) is 4. The molecule has 2 aromatic rings. The van der Waals surface area contributed by atoms with E-state index in [0.717, 1.165) is 18.5 Å². The first-order valence-electron chi connectivity index (χ1n) is 8.06. The van der Waals surface area contributed by atoms with Crippen LogP contribution in [0.3, 0.4) is 0 Å². The number of nitro groups is 1. The molecule has 1 aromatic heterocycles. The van der Waals surface area contributed by atoms with Crippen LogP contribution in [-0.2, 0) is 4.79 Å². The van der Waals surface area contributed by atoms with Gasteiger partial charge in [0, 0.05) is 24.8 Å². The minimum Gasteiger partial charge on any atom is -0.481 e. The number of halogens is 2. The molecule has 0 atom stereocenters. The molecule has 1 aliphatic rings. The van der Waals surface area contributed by atoms with Crippen LogP contribution in [0.15, 0.2) is 24.5 Å². The standard InChI is InChI=1S/C16H15F2N5O4/c17-11-2-1-10(7-12(11)18)21-14-13(23(26)27)15(20-8-19-14)22-5-3-9(4-6-22)16(24)25/h1-2,7-9H,3-6H2,(H,24,25)(H,19,20,21). The van der Waals surface area contributed by atoms with Gasteiger partial charge in [-0.1, -0.05) is 0 Å². The van der Waals surface area contributed by atoms with Crippen LogP contribution in [0.5, 0.6) is 0 Å². The number of carboxylic acids is 1. The first kappa shape index (κ1) is 18.4. The van der Waals surface area contributed by atoms with Crippen LogP contribution in [0.25, 0.3) is 0 Å². The highest BCUT2D eigenvalue weighted by Gasteiger charge is 2.31. The van der Waals surface area contributed by atoms with E-state index in [1.54, 1.807) is 4.90 Å². The summed E-state index contributed by atoms with van der Waals surface area (Å²) in [7, 11) is 0. The zero-order valence-corrected chi connectivity index (χ0v) is 13.9. The molecule has 0 bridgehead atoms. The molecule has 2 N–H and O–H groups in total. The van der Waals surface area contributed by atoms with Crippen LogP contribution in [0.4, 0.5) is 31.8 Å². The van der Waals surface area contributed by atoms with Crippen molar-refractivity contribution >= 4 is 29.0 Å². The number of hydrogen-bond acceptors (Lipinski definition) is 7. The van der Waals surface area contributed by atoms with E-state index in [0.29, 0.717) is 25.9 Å². The van der Waals surface area contributed by atoms with Gasteiger partial charge in [0.2, 0.25) is 11.6 Å². The average Bonchev–Trinajstić information content (AvgIpc) is 2.64. The highest BCUT2D eigenvalue weighted by atomic mass is 19.2. The Hall–Kier alpha value is -3.37. The summed E-state index contributed by atoms with van der Waals surface area (Å²) in [6.07, 6.45) is 1.79. The number of nitrogens with one attached hydrogen (secondary N) is 1. The number of carboxylic acid groups (broad SMARTS) is 1. The van der Waals surface area contributed by atoms with E-state index in [1.807, 2.05) is 0 Å². The summed E-state index contributed by atoms with van der Waals surface area (Å²) >= 11 is 0. The summed E-state index contributed by atoms with van der Waals surface area (Å²) in [6.45, 7) is 0.582. The van der Waals surface area contributed by atoms with E-state index in [-0.39, 0.29) is 17.3 Å². The molecule has 1 saturated heterocycles.